The molecule has 13 N–H and O–H groups in total. The number of hydrogen-bond acceptors (Lipinski definition) is 9. The molecule has 16 nitrogen and oxygen atoms in total. The summed E-state index contributed by atoms with van der Waals surface area (Å²) in [5, 5.41) is 45.0. The van der Waals surface area contributed by atoms with Gasteiger partial charge < -0.3 is 53.0 Å². The highest BCUT2D eigenvalue weighted by Gasteiger charge is 2.25. The van der Waals surface area contributed by atoms with E-state index in [1.165, 1.54) is 5.56 Å². The highest BCUT2D eigenvalue weighted by Crippen LogP contribution is 2.38. The quantitative estimate of drug-likeness (QED) is 0.0745. The van der Waals surface area contributed by atoms with Gasteiger partial charge in [0.25, 0.3) is 0 Å². The molecule has 3 rings (SSSR count). The minimum Gasteiger partial charge on any atom is -0.481 e. The van der Waals surface area contributed by atoms with Crippen LogP contribution in [0.4, 0.5) is 4.79 Å². The SMILES string of the molecule is N=C(N)NCCCC(N)C(=O)O.NCC(=O)O.O=C(O)CC(NC(=O)OCc1cccc2c1Cc1ccccc1-2)C(=O)O. The van der Waals surface area contributed by atoms with Crippen molar-refractivity contribution < 1.29 is 49.1 Å². The van der Waals surface area contributed by atoms with Crippen LogP contribution in [-0.4, -0.2) is 81.5 Å². The fourth-order valence-electron chi connectivity index (χ4n) is 3.73. The van der Waals surface area contributed by atoms with Gasteiger partial charge >= 0.3 is 30.0 Å². The van der Waals surface area contributed by atoms with Crippen LogP contribution >= 0.6 is 0 Å². The van der Waals surface area contributed by atoms with Crippen molar-refractivity contribution in [1.82, 2.24) is 10.6 Å². The molecule has 2 aromatic rings. The molecular weight excluding hydrogens is 568 g/mol. The number of guanidine groups is 1. The molecule has 0 spiro atoms. The van der Waals surface area contributed by atoms with Crippen LogP contribution < -0.4 is 27.8 Å². The number of ether oxygens (including phenoxy) is 1. The summed E-state index contributed by atoms with van der Waals surface area (Å²) >= 11 is 0. The molecule has 0 saturated carbocycles. The third-order valence-corrected chi connectivity index (χ3v) is 5.77. The van der Waals surface area contributed by atoms with E-state index < -0.39 is 48.5 Å². The zero-order valence-electron chi connectivity index (χ0n) is 23.1. The fourth-order valence-corrected chi connectivity index (χ4v) is 3.73. The third-order valence-electron chi connectivity index (χ3n) is 5.77. The summed E-state index contributed by atoms with van der Waals surface area (Å²) in [6.45, 7) is 0.179. The predicted octanol–water partition coefficient (Wildman–Crippen LogP) is 0.103. The zero-order valence-corrected chi connectivity index (χ0v) is 23.1. The summed E-state index contributed by atoms with van der Waals surface area (Å²) in [6, 6.07) is 11.4. The Morgan fingerprint density at radius 2 is 1.56 bits per heavy atom. The van der Waals surface area contributed by atoms with E-state index in [9.17, 15) is 24.0 Å². The van der Waals surface area contributed by atoms with Crippen molar-refractivity contribution in [3.63, 3.8) is 0 Å². The van der Waals surface area contributed by atoms with E-state index in [1.54, 1.807) is 0 Å². The predicted molar refractivity (Wildman–Crippen MR) is 153 cm³/mol. The number of fused-ring (bicyclic) bond motifs is 3. The van der Waals surface area contributed by atoms with Crippen LogP contribution in [0, 0.1) is 5.41 Å². The first-order valence-corrected chi connectivity index (χ1v) is 12.8. The topological polar surface area (TPSA) is 301 Å². The monoisotopic (exact) mass is 604 g/mol. The molecular formula is C27H36N6O10. The van der Waals surface area contributed by atoms with E-state index in [0.29, 0.717) is 19.4 Å². The second-order valence-corrected chi connectivity index (χ2v) is 9.01. The number of carbonyl (C=O) groups is 5. The summed E-state index contributed by atoms with van der Waals surface area (Å²) in [6.07, 6.45) is 0.0267. The van der Waals surface area contributed by atoms with Crippen molar-refractivity contribution in [2.24, 2.45) is 17.2 Å². The van der Waals surface area contributed by atoms with Crippen molar-refractivity contribution in [3.05, 3.63) is 59.2 Å². The first kappa shape index (κ1) is 35.8. The van der Waals surface area contributed by atoms with E-state index in [0.717, 1.165) is 28.7 Å². The molecule has 0 bridgehead atoms. The lowest BCUT2D eigenvalue weighted by Crippen LogP contribution is -2.42. The summed E-state index contributed by atoms with van der Waals surface area (Å²) in [4.78, 5) is 52.9. The van der Waals surface area contributed by atoms with Crippen LogP contribution in [0.1, 0.15) is 36.0 Å². The van der Waals surface area contributed by atoms with Gasteiger partial charge in [-0.1, -0.05) is 42.5 Å². The minimum atomic E-state index is -1.54. The van der Waals surface area contributed by atoms with Gasteiger partial charge in [-0.15, -0.1) is 0 Å². The highest BCUT2D eigenvalue weighted by atomic mass is 16.5. The summed E-state index contributed by atoms with van der Waals surface area (Å²) in [7, 11) is 0. The van der Waals surface area contributed by atoms with E-state index in [1.807, 2.05) is 36.4 Å². The van der Waals surface area contributed by atoms with Crippen LogP contribution in [0.15, 0.2) is 42.5 Å². The lowest BCUT2D eigenvalue weighted by Gasteiger charge is -2.14. The number of aliphatic carboxylic acids is 4. The lowest BCUT2D eigenvalue weighted by atomic mass is 10.0. The van der Waals surface area contributed by atoms with E-state index in [4.69, 9.17) is 42.0 Å². The van der Waals surface area contributed by atoms with Gasteiger partial charge in [0.1, 0.15) is 18.7 Å². The molecule has 0 radical (unpaired) electrons. The van der Waals surface area contributed by atoms with Crippen molar-refractivity contribution in [2.45, 2.75) is 44.4 Å². The van der Waals surface area contributed by atoms with Crippen molar-refractivity contribution >= 4 is 35.9 Å². The number of hydrogen-bond donors (Lipinski definition) is 10. The molecule has 1 aliphatic carbocycles. The number of alkyl carbamates (subject to hydrolysis) is 1. The van der Waals surface area contributed by atoms with Crippen molar-refractivity contribution in [2.75, 3.05) is 13.1 Å². The fraction of sp³-hybridized carbons (Fsp3) is 0.333. The lowest BCUT2D eigenvalue weighted by molar-refractivity contribution is -0.145. The smallest absolute Gasteiger partial charge is 0.408 e. The van der Waals surface area contributed by atoms with Gasteiger partial charge in [0.2, 0.25) is 0 Å². The molecule has 1 amide bonds. The average molecular weight is 605 g/mol. The first-order valence-electron chi connectivity index (χ1n) is 12.8. The molecule has 0 fully saturated rings. The molecule has 0 aliphatic heterocycles. The Kier molecular flexibility index (Phi) is 15.2. The second kappa shape index (κ2) is 18.3. The maximum absolute atomic E-state index is 11.8. The van der Waals surface area contributed by atoms with Gasteiger partial charge in [-0.05, 0) is 47.1 Å². The number of carboxylic acid groups (broad SMARTS) is 4. The van der Waals surface area contributed by atoms with Crippen LogP contribution in [-0.2, 0) is 36.9 Å². The van der Waals surface area contributed by atoms with Gasteiger partial charge in [-0.3, -0.25) is 19.8 Å². The number of nitrogens with two attached hydrogens (primary N) is 3. The Morgan fingerprint density at radius 3 is 2.12 bits per heavy atom. The number of carboxylic acids is 4. The Bertz CT molecular complexity index is 1300. The average Bonchev–Trinajstić information content (AvgIpc) is 3.33. The van der Waals surface area contributed by atoms with Gasteiger partial charge in [-0.2, -0.15) is 0 Å². The number of nitrogens with one attached hydrogen (secondary N) is 3. The largest absolute Gasteiger partial charge is 0.481 e. The summed E-state index contributed by atoms with van der Waals surface area (Å²) in [5.41, 5.74) is 20.1. The number of rotatable bonds is 12. The number of amides is 1. The minimum absolute atomic E-state index is 0.0254. The molecule has 2 atom stereocenters. The first-order chi connectivity index (χ1) is 20.3. The molecule has 2 aromatic carbocycles. The molecule has 16 heteroatoms. The molecule has 1 aliphatic rings. The van der Waals surface area contributed by atoms with E-state index in [-0.39, 0.29) is 19.1 Å². The van der Waals surface area contributed by atoms with Gasteiger partial charge in [0.15, 0.2) is 5.96 Å². The third kappa shape index (κ3) is 13.3. The Balaban J connectivity index is 0.000000453. The zero-order chi connectivity index (χ0) is 32.5. The van der Waals surface area contributed by atoms with Gasteiger partial charge in [-0.25, -0.2) is 9.59 Å². The molecule has 0 aromatic heterocycles. The van der Waals surface area contributed by atoms with E-state index >= 15 is 0 Å². The summed E-state index contributed by atoms with van der Waals surface area (Å²) in [5.74, 6) is -4.83. The molecule has 234 valence electrons. The molecule has 0 saturated heterocycles. The van der Waals surface area contributed by atoms with Crippen molar-refractivity contribution in [3.8, 4) is 11.1 Å². The Hall–Kier alpha value is -5.22. The molecule has 2 unspecified atom stereocenters. The second-order valence-electron chi connectivity index (χ2n) is 9.01. The van der Waals surface area contributed by atoms with Crippen molar-refractivity contribution in [1.29, 1.82) is 5.41 Å². The number of benzene rings is 2. The summed E-state index contributed by atoms with van der Waals surface area (Å²) < 4.78 is 5.11. The maximum Gasteiger partial charge on any atom is 0.408 e. The van der Waals surface area contributed by atoms with E-state index in [2.05, 4.69) is 22.4 Å². The van der Waals surface area contributed by atoms with Crippen LogP contribution in [0.25, 0.3) is 11.1 Å². The van der Waals surface area contributed by atoms with Crippen LogP contribution in [0.2, 0.25) is 0 Å². The van der Waals surface area contributed by atoms with Gasteiger partial charge in [0, 0.05) is 6.54 Å². The molecule has 43 heavy (non-hydrogen) atoms. The molecule has 0 heterocycles. The van der Waals surface area contributed by atoms with Crippen LogP contribution in [0.3, 0.4) is 0 Å². The maximum atomic E-state index is 11.8. The standard InChI is InChI=1S/C19H17NO6.C6H14N4O2.C2H5NO2/c21-17(22)9-16(18(23)24)20-19(25)26-10-12-5-3-7-14-13-6-2-1-4-11(13)8-15(12)14;7-4(5(11)12)2-1-3-10-6(8)9;3-1-2(4)5/h1-7,16H,8-10H2,(H,20,25)(H,21,22)(H,23,24);4H,1-3,7H2,(H,11,12)(H4,8,9,10);1,3H2,(H,4,5). The van der Waals surface area contributed by atoms with Crippen LogP contribution in [0.5, 0.6) is 0 Å². The van der Waals surface area contributed by atoms with Gasteiger partial charge in [0.05, 0.1) is 13.0 Å². The normalized spacial score (nSPS) is 11.9. The number of carbonyl (C=O) groups excluding carboxylic acids is 1. The highest BCUT2D eigenvalue weighted by molar-refractivity contribution is 5.84. The Labute approximate surface area is 246 Å². The Morgan fingerprint density at radius 1 is 0.930 bits per heavy atom.